The summed E-state index contributed by atoms with van der Waals surface area (Å²) >= 11 is 6.18. The molecule has 4 amide bonds. The van der Waals surface area contributed by atoms with Gasteiger partial charge in [-0.1, -0.05) is 43.2 Å². The molecule has 0 radical (unpaired) electrons. The fourth-order valence-corrected chi connectivity index (χ4v) is 8.21. The van der Waals surface area contributed by atoms with Crippen molar-refractivity contribution >= 4 is 40.8 Å². The minimum Gasteiger partial charge on any atom is -0.338 e. The van der Waals surface area contributed by atoms with Gasteiger partial charge in [-0.25, -0.2) is 4.39 Å². The van der Waals surface area contributed by atoms with Crippen molar-refractivity contribution in [2.24, 2.45) is 17.3 Å². The van der Waals surface area contributed by atoms with E-state index in [4.69, 9.17) is 11.6 Å². The van der Waals surface area contributed by atoms with E-state index in [1.807, 2.05) is 17.0 Å². The van der Waals surface area contributed by atoms with Crippen LogP contribution in [0.1, 0.15) is 77.8 Å². The van der Waals surface area contributed by atoms with Gasteiger partial charge in [-0.3, -0.25) is 29.4 Å². The molecule has 3 unspecified atom stereocenters. The molecule has 1 N–H and O–H groups in total. The number of nitrogens with zero attached hydrogens (tertiary/aromatic N) is 3. The van der Waals surface area contributed by atoms with Gasteiger partial charge < -0.3 is 9.80 Å². The van der Waals surface area contributed by atoms with Crippen LogP contribution in [0.5, 0.6) is 0 Å². The van der Waals surface area contributed by atoms with Crippen LogP contribution in [0.25, 0.3) is 5.57 Å². The summed E-state index contributed by atoms with van der Waals surface area (Å²) in [6.45, 7) is 8.72. The Bertz CT molecular complexity index is 1620. The van der Waals surface area contributed by atoms with Crippen molar-refractivity contribution in [3.63, 3.8) is 0 Å². The second-order valence-corrected chi connectivity index (χ2v) is 14.7. The first-order chi connectivity index (χ1) is 21.5. The molecule has 7 rings (SSSR count). The number of benzene rings is 2. The van der Waals surface area contributed by atoms with Gasteiger partial charge in [-0.2, -0.15) is 0 Å². The van der Waals surface area contributed by atoms with Crippen LogP contribution < -0.4 is 5.32 Å². The lowest BCUT2D eigenvalue weighted by molar-refractivity contribution is -0.136. The van der Waals surface area contributed by atoms with E-state index in [1.54, 1.807) is 6.07 Å². The lowest BCUT2D eigenvalue weighted by atomic mass is 9.72. The SMILES string of the molecule is CC1(C)CCC(CN2CC3CN(C(=O)c4cc(F)c5c(c4)CN(C4CCC(=O)NC4=O)C5=O)CC3C2)=C(c2ccc(Cl)cc2)C1. The highest BCUT2D eigenvalue weighted by Gasteiger charge is 2.44. The smallest absolute Gasteiger partial charge is 0.258 e. The van der Waals surface area contributed by atoms with Crippen LogP contribution in [0.15, 0.2) is 42.0 Å². The summed E-state index contributed by atoms with van der Waals surface area (Å²) in [6.07, 6.45) is 3.60. The van der Waals surface area contributed by atoms with E-state index < -0.39 is 23.7 Å². The van der Waals surface area contributed by atoms with Crippen LogP contribution in [-0.4, -0.2) is 77.1 Å². The first-order valence-corrected chi connectivity index (χ1v) is 16.3. The van der Waals surface area contributed by atoms with Crippen LogP contribution >= 0.6 is 11.6 Å². The Labute approximate surface area is 267 Å². The molecule has 2 aromatic carbocycles. The number of rotatable bonds is 5. The van der Waals surface area contributed by atoms with Crippen molar-refractivity contribution in [1.82, 2.24) is 20.0 Å². The van der Waals surface area contributed by atoms with Gasteiger partial charge >= 0.3 is 0 Å². The number of piperidine rings is 1. The van der Waals surface area contributed by atoms with E-state index in [2.05, 4.69) is 36.2 Å². The average Bonchev–Trinajstić information content (AvgIpc) is 3.65. The number of halogens is 2. The number of hydrogen-bond donors (Lipinski definition) is 1. The van der Waals surface area contributed by atoms with Gasteiger partial charge in [0.1, 0.15) is 11.9 Å². The van der Waals surface area contributed by atoms with Gasteiger partial charge in [0, 0.05) is 56.3 Å². The summed E-state index contributed by atoms with van der Waals surface area (Å²) in [6, 6.07) is 10.1. The molecule has 0 bridgehead atoms. The number of hydrogen-bond acceptors (Lipinski definition) is 5. The second-order valence-electron chi connectivity index (χ2n) is 14.2. The van der Waals surface area contributed by atoms with Crippen LogP contribution in [0.3, 0.4) is 0 Å². The fourth-order valence-electron chi connectivity index (χ4n) is 8.08. The molecule has 8 nitrogen and oxygen atoms in total. The molecular weight excluding hydrogens is 595 g/mol. The van der Waals surface area contributed by atoms with Gasteiger partial charge in [0.15, 0.2) is 0 Å². The molecule has 5 aliphatic rings. The molecule has 3 saturated heterocycles. The van der Waals surface area contributed by atoms with E-state index in [1.165, 1.54) is 21.6 Å². The first-order valence-electron chi connectivity index (χ1n) is 15.9. The maximum absolute atomic E-state index is 15.3. The fraction of sp³-hybridized carbons (Fsp3) is 0.486. The number of imide groups is 1. The Morgan fingerprint density at radius 2 is 1.73 bits per heavy atom. The quantitative estimate of drug-likeness (QED) is 0.474. The molecule has 0 saturated carbocycles. The molecule has 0 spiro atoms. The molecule has 10 heteroatoms. The summed E-state index contributed by atoms with van der Waals surface area (Å²) in [5.74, 6) is -1.77. The second kappa shape index (κ2) is 11.4. The standard InChI is InChI=1S/C35H38ClFN4O4/c1-35(2)10-9-21(27(13-35)20-3-5-26(36)6-4-20)14-39-15-24-17-40(18-25(24)16-39)33(44)22-11-23-19-41(34(45)31(23)28(37)12-22)29-7-8-30(42)38-32(29)43/h3-6,11-12,24-25,29H,7-10,13-19H2,1-2H3,(H,38,42,43). The van der Waals surface area contributed by atoms with Gasteiger partial charge in [0.05, 0.1) is 5.56 Å². The molecule has 4 aliphatic heterocycles. The van der Waals surface area contributed by atoms with E-state index in [9.17, 15) is 19.2 Å². The highest BCUT2D eigenvalue weighted by molar-refractivity contribution is 6.30. The number of nitrogens with one attached hydrogen (secondary N) is 1. The number of allylic oxidation sites excluding steroid dienone is 1. The zero-order chi connectivity index (χ0) is 31.6. The molecule has 0 aromatic heterocycles. The van der Waals surface area contributed by atoms with Crippen molar-refractivity contribution < 1.29 is 23.6 Å². The number of fused-ring (bicyclic) bond motifs is 2. The van der Waals surface area contributed by atoms with E-state index in [-0.39, 0.29) is 47.7 Å². The topological polar surface area (TPSA) is 90.0 Å². The zero-order valence-electron chi connectivity index (χ0n) is 25.7. The van der Waals surface area contributed by atoms with Gasteiger partial charge in [-0.05, 0) is 83.9 Å². The minimum absolute atomic E-state index is 0.0315. The largest absolute Gasteiger partial charge is 0.338 e. The number of carbonyl (C=O) groups excluding carboxylic acids is 4. The maximum Gasteiger partial charge on any atom is 0.258 e. The molecule has 4 heterocycles. The number of carbonyl (C=O) groups is 4. The summed E-state index contributed by atoms with van der Waals surface area (Å²) in [5, 5.41) is 3.00. The Balaban J connectivity index is 1.01. The molecule has 2 aromatic rings. The Morgan fingerprint density at radius 3 is 2.42 bits per heavy atom. The molecule has 1 aliphatic carbocycles. The average molecular weight is 633 g/mol. The van der Waals surface area contributed by atoms with Crippen molar-refractivity contribution in [2.75, 3.05) is 32.7 Å². The Hall–Kier alpha value is -3.56. The van der Waals surface area contributed by atoms with E-state index in [0.29, 0.717) is 30.5 Å². The van der Waals surface area contributed by atoms with Crippen molar-refractivity contribution in [3.8, 4) is 0 Å². The minimum atomic E-state index is -0.833. The van der Waals surface area contributed by atoms with Crippen molar-refractivity contribution in [1.29, 1.82) is 0 Å². The highest BCUT2D eigenvalue weighted by Crippen LogP contribution is 2.44. The van der Waals surface area contributed by atoms with Gasteiger partial charge in [0.2, 0.25) is 11.8 Å². The monoisotopic (exact) mass is 632 g/mol. The van der Waals surface area contributed by atoms with Crippen LogP contribution in [0.4, 0.5) is 4.39 Å². The predicted molar refractivity (Wildman–Crippen MR) is 168 cm³/mol. The van der Waals surface area contributed by atoms with Crippen LogP contribution in [0, 0.1) is 23.1 Å². The Kier molecular flexibility index (Phi) is 7.60. The first kappa shape index (κ1) is 30.1. The Morgan fingerprint density at radius 1 is 1.02 bits per heavy atom. The highest BCUT2D eigenvalue weighted by atomic mass is 35.5. The third-order valence-corrected chi connectivity index (χ3v) is 10.7. The zero-order valence-corrected chi connectivity index (χ0v) is 26.5. The van der Waals surface area contributed by atoms with Gasteiger partial charge in [0.25, 0.3) is 11.8 Å². The third-order valence-electron chi connectivity index (χ3n) is 10.5. The van der Waals surface area contributed by atoms with Crippen LogP contribution in [0.2, 0.25) is 5.02 Å². The number of amides is 4. The molecule has 3 atom stereocenters. The lowest BCUT2D eigenvalue weighted by Crippen LogP contribution is -2.52. The van der Waals surface area contributed by atoms with Crippen LogP contribution in [-0.2, 0) is 16.1 Å². The van der Waals surface area contributed by atoms with Crippen molar-refractivity contribution in [2.45, 2.75) is 58.5 Å². The van der Waals surface area contributed by atoms with Crippen molar-refractivity contribution in [3.05, 3.63) is 75.1 Å². The van der Waals surface area contributed by atoms with E-state index in [0.717, 1.165) is 50.0 Å². The molecule has 3 fully saturated rings. The van der Waals surface area contributed by atoms with E-state index >= 15 is 4.39 Å². The number of likely N-dealkylation sites (tertiary alicyclic amines) is 2. The van der Waals surface area contributed by atoms with Gasteiger partial charge in [-0.15, -0.1) is 0 Å². The summed E-state index contributed by atoms with van der Waals surface area (Å²) in [7, 11) is 0. The normalized spacial score (nSPS) is 26.4. The molecule has 236 valence electrons. The third kappa shape index (κ3) is 5.69. The predicted octanol–water partition coefficient (Wildman–Crippen LogP) is 4.91. The lowest BCUT2D eigenvalue weighted by Gasteiger charge is -2.35. The molecule has 45 heavy (non-hydrogen) atoms. The summed E-state index contributed by atoms with van der Waals surface area (Å²) in [4.78, 5) is 56.2. The molecular formula is C35H38ClFN4O4. The summed E-state index contributed by atoms with van der Waals surface area (Å²) < 4.78 is 15.3. The summed E-state index contributed by atoms with van der Waals surface area (Å²) in [5.41, 5.74) is 4.98. The maximum atomic E-state index is 15.3.